The first kappa shape index (κ1) is 19.0. The average molecular weight is 422 g/mol. The van der Waals surface area contributed by atoms with Crippen molar-refractivity contribution < 1.29 is 31.8 Å². The molecule has 0 aromatic heterocycles. The van der Waals surface area contributed by atoms with Crippen LogP contribution in [0.15, 0.2) is 54.6 Å². The molecule has 0 bridgehead atoms. The quantitative estimate of drug-likeness (QED) is 0.502. The van der Waals surface area contributed by atoms with Gasteiger partial charge in [0.05, 0.1) is 0 Å². The fraction of sp³-hybridized carbons (Fsp3) is 0.188. The number of ether oxygens (including phenoxy) is 2. The molecule has 0 fully saturated rings. The maximum atomic E-state index is 13.2. The molecule has 9 heteroatoms. The Balaban J connectivity index is 1.96. The van der Waals surface area contributed by atoms with Gasteiger partial charge in [-0.05, 0) is 17.7 Å². The smallest absolute Gasteiger partial charge is 0.444 e. The summed E-state index contributed by atoms with van der Waals surface area (Å²) in [7, 11) is 0. The fourth-order valence-electron chi connectivity index (χ4n) is 1.72. The lowest BCUT2D eigenvalue weighted by atomic mass is 10.2. The van der Waals surface area contributed by atoms with Crippen molar-refractivity contribution in [3.8, 4) is 5.75 Å². The highest BCUT2D eigenvalue weighted by Gasteiger charge is 2.57. The van der Waals surface area contributed by atoms with Gasteiger partial charge < -0.3 is 9.47 Å². The molecule has 0 saturated carbocycles. The summed E-state index contributed by atoms with van der Waals surface area (Å²) in [4.78, 5) is 7.15. The van der Waals surface area contributed by atoms with Gasteiger partial charge in [-0.15, -0.1) is 0 Å². The van der Waals surface area contributed by atoms with Crippen LogP contribution in [0.4, 0.5) is 28.0 Å². The molecule has 0 aliphatic carbocycles. The van der Waals surface area contributed by atoms with Crippen molar-refractivity contribution in [1.82, 2.24) is 0 Å². The number of nitrogens with one attached hydrogen (secondary N) is 1. The van der Waals surface area contributed by atoms with Crippen molar-refractivity contribution in [2.45, 2.75) is 17.5 Å². The Morgan fingerprint density at radius 1 is 1.04 bits per heavy atom. The van der Waals surface area contributed by atoms with Gasteiger partial charge in [-0.3, -0.25) is 5.32 Å². The number of rotatable bonds is 6. The van der Waals surface area contributed by atoms with Crippen molar-refractivity contribution in [3.63, 3.8) is 0 Å². The SMILES string of the molecule is O=C(Nc1cccc(OC(F)(F)C(F)(F)Br)c1)OCc1ccccc1. The van der Waals surface area contributed by atoms with Crippen LogP contribution < -0.4 is 10.1 Å². The van der Waals surface area contributed by atoms with Crippen molar-refractivity contribution in [3.05, 3.63) is 60.2 Å². The second kappa shape index (κ2) is 7.73. The van der Waals surface area contributed by atoms with Crippen LogP contribution >= 0.6 is 15.9 Å². The average Bonchev–Trinajstić information content (AvgIpc) is 2.53. The molecular weight excluding hydrogens is 410 g/mol. The second-order valence-corrected chi connectivity index (χ2v) is 5.83. The Hall–Kier alpha value is -2.29. The number of hydrogen-bond donors (Lipinski definition) is 1. The van der Waals surface area contributed by atoms with Crippen molar-refractivity contribution in [2.75, 3.05) is 5.32 Å². The van der Waals surface area contributed by atoms with Gasteiger partial charge in [-0.25, -0.2) is 4.79 Å². The summed E-state index contributed by atoms with van der Waals surface area (Å²) in [6.07, 6.45) is -5.60. The van der Waals surface area contributed by atoms with E-state index < -0.39 is 22.8 Å². The maximum absolute atomic E-state index is 13.2. The van der Waals surface area contributed by atoms with E-state index in [4.69, 9.17) is 4.74 Å². The molecule has 0 aliphatic heterocycles. The normalized spacial score (nSPS) is 11.7. The van der Waals surface area contributed by atoms with Crippen LogP contribution in [0.3, 0.4) is 0 Å². The van der Waals surface area contributed by atoms with E-state index >= 15 is 0 Å². The van der Waals surface area contributed by atoms with Crippen LogP contribution in [0, 0.1) is 0 Å². The van der Waals surface area contributed by atoms with Crippen LogP contribution in [0.1, 0.15) is 5.56 Å². The van der Waals surface area contributed by atoms with Crippen LogP contribution in [0.2, 0.25) is 0 Å². The van der Waals surface area contributed by atoms with Crippen molar-refractivity contribution >= 4 is 27.7 Å². The van der Waals surface area contributed by atoms with E-state index in [9.17, 15) is 22.4 Å². The lowest BCUT2D eigenvalue weighted by Crippen LogP contribution is -2.40. The van der Waals surface area contributed by atoms with Gasteiger partial charge in [-0.1, -0.05) is 36.4 Å². The Morgan fingerprint density at radius 2 is 1.72 bits per heavy atom. The van der Waals surface area contributed by atoms with Gasteiger partial charge in [-0.2, -0.15) is 17.6 Å². The highest BCUT2D eigenvalue weighted by atomic mass is 79.9. The maximum Gasteiger partial charge on any atom is 0.475 e. The molecule has 4 nitrogen and oxygen atoms in total. The summed E-state index contributed by atoms with van der Waals surface area (Å²) in [5.41, 5.74) is 0.804. The summed E-state index contributed by atoms with van der Waals surface area (Å²) >= 11 is 1.56. The Labute approximate surface area is 148 Å². The number of anilines is 1. The molecule has 2 aromatic carbocycles. The summed E-state index contributed by atoms with van der Waals surface area (Å²) in [5, 5.41) is 2.29. The second-order valence-electron chi connectivity index (χ2n) is 4.83. The lowest BCUT2D eigenvalue weighted by molar-refractivity contribution is -0.266. The molecule has 0 unspecified atom stereocenters. The van der Waals surface area contributed by atoms with Gasteiger partial charge in [0.1, 0.15) is 12.4 Å². The minimum absolute atomic E-state index is 0.0107. The van der Waals surface area contributed by atoms with Gasteiger partial charge in [0.25, 0.3) is 0 Å². The van der Waals surface area contributed by atoms with E-state index in [0.717, 1.165) is 17.7 Å². The van der Waals surface area contributed by atoms with E-state index in [1.807, 2.05) is 0 Å². The van der Waals surface area contributed by atoms with Crippen LogP contribution in [-0.2, 0) is 11.3 Å². The summed E-state index contributed by atoms with van der Waals surface area (Å²) in [6.45, 7) is 0.0107. The monoisotopic (exact) mass is 421 g/mol. The number of amides is 1. The molecule has 1 N–H and O–H groups in total. The van der Waals surface area contributed by atoms with Gasteiger partial charge in [0, 0.05) is 27.7 Å². The zero-order valence-corrected chi connectivity index (χ0v) is 14.1. The third kappa shape index (κ3) is 5.63. The third-order valence-electron chi connectivity index (χ3n) is 2.87. The standard InChI is InChI=1S/C16H12BrF4NO3/c17-15(18,19)16(20,21)25-13-8-4-7-12(9-13)22-14(23)24-10-11-5-2-1-3-6-11/h1-9H,10H2,(H,22,23). The molecule has 0 radical (unpaired) electrons. The summed E-state index contributed by atoms with van der Waals surface area (Å²) in [6, 6.07) is 13.5. The van der Waals surface area contributed by atoms with Crippen LogP contribution in [0.25, 0.3) is 0 Å². The number of benzene rings is 2. The summed E-state index contributed by atoms with van der Waals surface area (Å²) < 4.78 is 60.8. The highest BCUT2D eigenvalue weighted by molar-refractivity contribution is 9.10. The van der Waals surface area contributed by atoms with E-state index in [-0.39, 0.29) is 12.3 Å². The Morgan fingerprint density at radius 3 is 2.36 bits per heavy atom. The number of hydrogen-bond acceptors (Lipinski definition) is 3. The Kier molecular flexibility index (Phi) is 5.89. The minimum Gasteiger partial charge on any atom is -0.444 e. The molecule has 0 atom stereocenters. The molecule has 2 rings (SSSR count). The number of carbonyl (C=O) groups excluding carboxylic acids is 1. The number of alkyl halides is 5. The predicted octanol–water partition coefficient (Wildman–Crippen LogP) is 5.39. The van der Waals surface area contributed by atoms with Crippen molar-refractivity contribution in [1.29, 1.82) is 0 Å². The summed E-state index contributed by atoms with van der Waals surface area (Å²) in [5.74, 6) is -0.551. The largest absolute Gasteiger partial charge is 0.475 e. The number of carbonyl (C=O) groups is 1. The highest BCUT2D eigenvalue weighted by Crippen LogP contribution is 2.41. The van der Waals surface area contributed by atoms with E-state index in [0.29, 0.717) is 0 Å². The predicted molar refractivity (Wildman–Crippen MR) is 86.1 cm³/mol. The molecule has 2 aromatic rings. The fourth-order valence-corrected chi connectivity index (χ4v) is 1.80. The molecule has 1 amide bonds. The minimum atomic E-state index is -4.76. The first-order valence-electron chi connectivity index (χ1n) is 6.89. The molecule has 0 aliphatic rings. The molecular formula is C16H12BrF4NO3. The third-order valence-corrected chi connectivity index (χ3v) is 3.33. The zero-order valence-electron chi connectivity index (χ0n) is 12.5. The molecule has 0 heterocycles. The molecule has 0 spiro atoms. The first-order chi connectivity index (χ1) is 11.7. The number of halogens is 5. The van der Waals surface area contributed by atoms with Gasteiger partial charge in [0.2, 0.25) is 0 Å². The lowest BCUT2D eigenvalue weighted by Gasteiger charge is -2.22. The molecule has 0 saturated heterocycles. The van der Waals surface area contributed by atoms with Gasteiger partial charge in [0.15, 0.2) is 0 Å². The molecule has 25 heavy (non-hydrogen) atoms. The van der Waals surface area contributed by atoms with Crippen molar-refractivity contribution in [2.24, 2.45) is 0 Å². The van der Waals surface area contributed by atoms with Gasteiger partial charge >= 0.3 is 17.0 Å². The topological polar surface area (TPSA) is 47.6 Å². The van der Waals surface area contributed by atoms with E-state index in [2.05, 4.69) is 10.1 Å². The van der Waals surface area contributed by atoms with E-state index in [1.165, 1.54) is 12.1 Å². The Bertz CT molecular complexity index is 723. The van der Waals surface area contributed by atoms with Crippen LogP contribution in [-0.4, -0.2) is 17.0 Å². The zero-order chi connectivity index (χ0) is 18.5. The van der Waals surface area contributed by atoms with Crippen LogP contribution in [0.5, 0.6) is 5.75 Å². The van der Waals surface area contributed by atoms with E-state index in [1.54, 1.807) is 46.3 Å². The first-order valence-corrected chi connectivity index (χ1v) is 7.68. The molecule has 134 valence electrons.